The number of ether oxygens (including phenoxy) is 1. The van der Waals surface area contributed by atoms with Crippen LogP contribution in [0.3, 0.4) is 0 Å². The largest absolute Gasteiger partial charge is 0.394 e. The molecule has 1 atom stereocenters. The van der Waals surface area contributed by atoms with Gasteiger partial charge in [0.15, 0.2) is 0 Å². The third kappa shape index (κ3) is 2.54. The number of benzene rings is 2. The number of methoxy groups -OCH3 is 1. The van der Waals surface area contributed by atoms with Crippen molar-refractivity contribution in [1.29, 1.82) is 0 Å². The molecule has 0 amide bonds. The van der Waals surface area contributed by atoms with Crippen LogP contribution < -0.4 is 0 Å². The van der Waals surface area contributed by atoms with E-state index < -0.39 is 11.7 Å². The predicted molar refractivity (Wildman–Crippen MR) is 73.8 cm³/mol. The standard InChI is InChI=1S/C16H18O3/c1-19-15(12-17)16(18,13-8-4-2-5-9-13)14-10-6-3-7-11-14/h2-11,15,17-18H,12H2,1H3. The Morgan fingerprint density at radius 2 is 1.37 bits per heavy atom. The van der Waals surface area contributed by atoms with Crippen LogP contribution in [0.1, 0.15) is 11.1 Å². The van der Waals surface area contributed by atoms with Crippen LogP contribution in [0, 0.1) is 0 Å². The van der Waals surface area contributed by atoms with Crippen molar-refractivity contribution in [2.24, 2.45) is 0 Å². The fraction of sp³-hybridized carbons (Fsp3) is 0.250. The SMILES string of the molecule is COC(CO)C(O)(c1ccccc1)c1ccccc1. The molecule has 2 aromatic rings. The van der Waals surface area contributed by atoms with E-state index >= 15 is 0 Å². The van der Waals surface area contributed by atoms with E-state index in [1.165, 1.54) is 7.11 Å². The second-order valence-corrected chi connectivity index (χ2v) is 4.41. The molecule has 0 heterocycles. The van der Waals surface area contributed by atoms with E-state index in [1.54, 1.807) is 0 Å². The van der Waals surface area contributed by atoms with Gasteiger partial charge in [-0.25, -0.2) is 0 Å². The van der Waals surface area contributed by atoms with Crippen LogP contribution in [0.5, 0.6) is 0 Å². The highest BCUT2D eigenvalue weighted by Crippen LogP contribution is 2.34. The summed E-state index contributed by atoms with van der Waals surface area (Å²) < 4.78 is 5.27. The Bertz CT molecular complexity index is 452. The van der Waals surface area contributed by atoms with Gasteiger partial charge in [-0.1, -0.05) is 60.7 Å². The number of aliphatic hydroxyl groups excluding tert-OH is 1. The van der Waals surface area contributed by atoms with Crippen molar-refractivity contribution in [3.05, 3.63) is 71.8 Å². The van der Waals surface area contributed by atoms with Crippen molar-refractivity contribution in [1.82, 2.24) is 0 Å². The Kier molecular flexibility index (Phi) is 4.32. The van der Waals surface area contributed by atoms with Gasteiger partial charge in [0.25, 0.3) is 0 Å². The number of hydrogen-bond donors (Lipinski definition) is 2. The van der Waals surface area contributed by atoms with Crippen molar-refractivity contribution in [3.63, 3.8) is 0 Å². The fourth-order valence-electron chi connectivity index (χ4n) is 2.30. The first-order valence-corrected chi connectivity index (χ1v) is 6.20. The molecule has 2 N–H and O–H groups in total. The molecule has 0 spiro atoms. The van der Waals surface area contributed by atoms with E-state index in [0.29, 0.717) is 11.1 Å². The summed E-state index contributed by atoms with van der Waals surface area (Å²) in [5, 5.41) is 20.6. The first-order valence-electron chi connectivity index (χ1n) is 6.20. The van der Waals surface area contributed by atoms with Gasteiger partial charge in [-0.15, -0.1) is 0 Å². The summed E-state index contributed by atoms with van der Waals surface area (Å²) in [5.74, 6) is 0. The molecule has 0 aromatic heterocycles. The summed E-state index contributed by atoms with van der Waals surface area (Å²) in [6.07, 6.45) is -0.725. The van der Waals surface area contributed by atoms with Gasteiger partial charge in [-0.2, -0.15) is 0 Å². The Morgan fingerprint density at radius 1 is 0.947 bits per heavy atom. The lowest BCUT2D eigenvalue weighted by molar-refractivity contribution is -0.0932. The third-order valence-electron chi connectivity index (χ3n) is 3.34. The summed E-state index contributed by atoms with van der Waals surface area (Å²) in [4.78, 5) is 0. The Hall–Kier alpha value is -1.68. The van der Waals surface area contributed by atoms with Gasteiger partial charge in [0.1, 0.15) is 11.7 Å². The molecule has 3 nitrogen and oxygen atoms in total. The van der Waals surface area contributed by atoms with E-state index in [9.17, 15) is 10.2 Å². The maximum Gasteiger partial charge on any atom is 0.143 e. The molecule has 0 aliphatic heterocycles. The van der Waals surface area contributed by atoms with Crippen molar-refractivity contribution < 1.29 is 14.9 Å². The minimum atomic E-state index is -1.37. The van der Waals surface area contributed by atoms with Crippen LogP contribution in [-0.2, 0) is 10.3 Å². The summed E-state index contributed by atoms with van der Waals surface area (Å²) in [7, 11) is 1.48. The first-order chi connectivity index (χ1) is 9.23. The normalized spacial score (nSPS) is 13.2. The van der Waals surface area contributed by atoms with E-state index in [0.717, 1.165) is 0 Å². The molecular weight excluding hydrogens is 240 g/mol. The summed E-state index contributed by atoms with van der Waals surface area (Å²) in [6, 6.07) is 18.5. The lowest BCUT2D eigenvalue weighted by atomic mass is 9.82. The second-order valence-electron chi connectivity index (χ2n) is 4.41. The van der Waals surface area contributed by atoms with Gasteiger partial charge >= 0.3 is 0 Å². The van der Waals surface area contributed by atoms with E-state index in [-0.39, 0.29) is 6.61 Å². The fourth-order valence-corrected chi connectivity index (χ4v) is 2.30. The smallest absolute Gasteiger partial charge is 0.143 e. The Balaban J connectivity index is 2.57. The highest BCUT2D eigenvalue weighted by molar-refractivity contribution is 5.37. The van der Waals surface area contributed by atoms with Crippen LogP contribution >= 0.6 is 0 Å². The van der Waals surface area contributed by atoms with Gasteiger partial charge < -0.3 is 14.9 Å². The summed E-state index contributed by atoms with van der Waals surface area (Å²) >= 11 is 0. The van der Waals surface area contributed by atoms with E-state index in [4.69, 9.17) is 4.74 Å². The highest BCUT2D eigenvalue weighted by atomic mass is 16.5. The molecular formula is C16H18O3. The lowest BCUT2D eigenvalue weighted by Gasteiger charge is -2.35. The van der Waals surface area contributed by atoms with Crippen molar-refractivity contribution >= 4 is 0 Å². The highest BCUT2D eigenvalue weighted by Gasteiger charge is 2.40. The first kappa shape index (κ1) is 13.7. The topological polar surface area (TPSA) is 49.7 Å². The average Bonchev–Trinajstić information content (AvgIpc) is 2.50. The molecule has 19 heavy (non-hydrogen) atoms. The zero-order valence-corrected chi connectivity index (χ0v) is 10.9. The van der Waals surface area contributed by atoms with Crippen LogP contribution in [0.25, 0.3) is 0 Å². The molecule has 0 bridgehead atoms. The van der Waals surface area contributed by atoms with Gasteiger partial charge in [0.05, 0.1) is 6.61 Å². The van der Waals surface area contributed by atoms with Crippen LogP contribution in [0.4, 0.5) is 0 Å². The minimum absolute atomic E-state index is 0.267. The maximum absolute atomic E-state index is 11.1. The predicted octanol–water partition coefficient (Wildman–Crippen LogP) is 1.93. The van der Waals surface area contributed by atoms with Crippen LogP contribution in [-0.4, -0.2) is 30.0 Å². The molecule has 0 radical (unpaired) electrons. The van der Waals surface area contributed by atoms with Crippen molar-refractivity contribution in [3.8, 4) is 0 Å². The Labute approximate surface area is 113 Å². The van der Waals surface area contributed by atoms with Crippen LogP contribution in [0.15, 0.2) is 60.7 Å². The molecule has 1 unspecified atom stereocenters. The van der Waals surface area contributed by atoms with Gasteiger partial charge in [0.2, 0.25) is 0 Å². The number of aliphatic hydroxyl groups is 2. The molecule has 0 saturated heterocycles. The molecule has 100 valence electrons. The maximum atomic E-state index is 11.1. The van der Waals surface area contributed by atoms with Gasteiger partial charge in [0, 0.05) is 7.11 Å². The monoisotopic (exact) mass is 258 g/mol. The van der Waals surface area contributed by atoms with Crippen molar-refractivity contribution in [2.45, 2.75) is 11.7 Å². The van der Waals surface area contributed by atoms with E-state index in [2.05, 4.69) is 0 Å². The zero-order valence-electron chi connectivity index (χ0n) is 10.9. The number of rotatable bonds is 5. The zero-order chi connectivity index (χ0) is 13.7. The quantitative estimate of drug-likeness (QED) is 0.861. The van der Waals surface area contributed by atoms with Gasteiger partial charge in [-0.3, -0.25) is 0 Å². The molecule has 0 fully saturated rings. The molecule has 0 aliphatic carbocycles. The summed E-state index contributed by atoms with van der Waals surface area (Å²) in [5.41, 5.74) is 0.0238. The van der Waals surface area contributed by atoms with Gasteiger partial charge in [-0.05, 0) is 11.1 Å². The van der Waals surface area contributed by atoms with Crippen molar-refractivity contribution in [2.75, 3.05) is 13.7 Å². The third-order valence-corrected chi connectivity index (χ3v) is 3.34. The molecule has 2 rings (SSSR count). The molecule has 0 saturated carbocycles. The minimum Gasteiger partial charge on any atom is -0.394 e. The van der Waals surface area contributed by atoms with E-state index in [1.807, 2.05) is 60.7 Å². The average molecular weight is 258 g/mol. The summed E-state index contributed by atoms with van der Waals surface area (Å²) in [6.45, 7) is -0.267. The lowest BCUT2D eigenvalue weighted by Crippen LogP contribution is -2.44. The second kappa shape index (κ2) is 5.97. The van der Waals surface area contributed by atoms with Crippen LogP contribution in [0.2, 0.25) is 0 Å². The molecule has 0 aliphatic rings. The Morgan fingerprint density at radius 3 is 1.68 bits per heavy atom. The molecule has 3 heteroatoms. The number of hydrogen-bond acceptors (Lipinski definition) is 3. The molecule has 2 aromatic carbocycles.